The molecule has 4 rings (SSSR count). The van der Waals surface area contributed by atoms with E-state index in [0.29, 0.717) is 12.1 Å². The molecular weight excluding hydrogens is 350 g/mol. The predicted octanol–water partition coefficient (Wildman–Crippen LogP) is 2.02. The van der Waals surface area contributed by atoms with Crippen molar-refractivity contribution in [1.82, 2.24) is 25.5 Å². The molecule has 0 radical (unpaired) electrons. The maximum Gasteiger partial charge on any atom is 0.251 e. The summed E-state index contributed by atoms with van der Waals surface area (Å²) in [6.07, 6.45) is 2.77. The van der Waals surface area contributed by atoms with E-state index in [9.17, 15) is 9.90 Å². The van der Waals surface area contributed by atoms with Crippen molar-refractivity contribution in [3.8, 4) is 0 Å². The average molecular weight is 369 g/mol. The number of aliphatic hydroxyl groups is 1. The van der Waals surface area contributed by atoms with Crippen molar-refractivity contribution in [2.75, 3.05) is 0 Å². The molecule has 1 aliphatic carbocycles. The first kappa shape index (κ1) is 16.9. The Morgan fingerprint density at radius 2 is 2.12 bits per heavy atom. The van der Waals surface area contributed by atoms with Crippen LogP contribution in [0.4, 0.5) is 0 Å². The van der Waals surface area contributed by atoms with Gasteiger partial charge in [-0.25, -0.2) is 4.68 Å². The number of benzene rings is 1. The third-order valence-corrected chi connectivity index (χ3v) is 5.66. The average Bonchev–Trinajstić information content (AvgIpc) is 3.31. The van der Waals surface area contributed by atoms with Gasteiger partial charge in [-0.05, 0) is 58.3 Å². The van der Waals surface area contributed by atoms with Crippen LogP contribution in [0.2, 0.25) is 0 Å². The number of aliphatic hydroxyl groups excluding tert-OH is 1. The smallest absolute Gasteiger partial charge is 0.251 e. The molecule has 1 aromatic carbocycles. The Bertz CT molecular complexity index is 842. The van der Waals surface area contributed by atoms with Gasteiger partial charge in [0.15, 0.2) is 0 Å². The van der Waals surface area contributed by atoms with E-state index in [4.69, 9.17) is 0 Å². The Balaban J connectivity index is 1.44. The summed E-state index contributed by atoms with van der Waals surface area (Å²) in [6, 6.07) is 11.4. The Morgan fingerprint density at radius 1 is 1.31 bits per heavy atom. The van der Waals surface area contributed by atoms with E-state index in [1.54, 1.807) is 22.3 Å². The lowest BCUT2D eigenvalue weighted by Crippen LogP contribution is -2.41. The monoisotopic (exact) mass is 369 g/mol. The number of hydrogen-bond donors (Lipinski definition) is 2. The Labute approximate surface area is 154 Å². The highest BCUT2D eigenvalue weighted by atomic mass is 32.1. The number of nitrogens with one attached hydrogen (secondary N) is 1. The predicted molar refractivity (Wildman–Crippen MR) is 96.6 cm³/mol. The molecule has 0 aliphatic heterocycles. The standard InChI is InChI=1S/C18H19N5O2S/c24-15-8-14(9-15)17(16-2-1-7-26-16)20-18(25)13-5-3-12(4-6-13)10-23-11-19-21-22-23/h1-7,11,14-15,17,24H,8-10H2,(H,20,25)/t14?,15?,17-/m0/s1. The van der Waals surface area contributed by atoms with Crippen molar-refractivity contribution in [2.24, 2.45) is 5.92 Å². The van der Waals surface area contributed by atoms with Crippen LogP contribution in [-0.2, 0) is 6.54 Å². The van der Waals surface area contributed by atoms with Crippen LogP contribution in [-0.4, -0.2) is 37.3 Å². The second kappa shape index (κ2) is 7.35. The molecular formula is C18H19N5O2S. The molecule has 7 nitrogen and oxygen atoms in total. The van der Waals surface area contributed by atoms with Crippen molar-refractivity contribution >= 4 is 17.2 Å². The normalized spacial score (nSPS) is 20.3. The minimum absolute atomic E-state index is 0.0493. The van der Waals surface area contributed by atoms with E-state index in [1.165, 1.54) is 0 Å². The lowest BCUT2D eigenvalue weighted by Gasteiger charge is -2.37. The third kappa shape index (κ3) is 3.66. The van der Waals surface area contributed by atoms with Gasteiger partial charge in [-0.15, -0.1) is 16.4 Å². The van der Waals surface area contributed by atoms with Gasteiger partial charge in [-0.3, -0.25) is 4.79 Å². The van der Waals surface area contributed by atoms with E-state index in [1.807, 2.05) is 41.8 Å². The number of thiophene rings is 1. The summed E-state index contributed by atoms with van der Waals surface area (Å²) in [6.45, 7) is 0.562. The summed E-state index contributed by atoms with van der Waals surface area (Å²) in [4.78, 5) is 13.8. The molecule has 1 amide bonds. The number of amides is 1. The van der Waals surface area contributed by atoms with Crippen LogP contribution in [0.25, 0.3) is 0 Å². The first-order valence-corrected chi connectivity index (χ1v) is 9.39. The number of tetrazole rings is 1. The van der Waals surface area contributed by atoms with Crippen molar-refractivity contribution in [3.05, 3.63) is 64.1 Å². The fraction of sp³-hybridized carbons (Fsp3) is 0.333. The van der Waals surface area contributed by atoms with Crippen molar-refractivity contribution in [2.45, 2.75) is 31.5 Å². The Morgan fingerprint density at radius 3 is 2.73 bits per heavy atom. The second-order valence-corrected chi connectivity index (χ2v) is 7.54. The van der Waals surface area contributed by atoms with Gasteiger partial charge in [0.1, 0.15) is 6.33 Å². The van der Waals surface area contributed by atoms with Gasteiger partial charge in [0.05, 0.1) is 18.7 Å². The zero-order valence-corrected chi connectivity index (χ0v) is 14.8. The molecule has 1 aliphatic rings. The fourth-order valence-electron chi connectivity index (χ4n) is 3.22. The molecule has 0 bridgehead atoms. The van der Waals surface area contributed by atoms with Crippen LogP contribution in [0.5, 0.6) is 0 Å². The zero-order valence-electron chi connectivity index (χ0n) is 14.0. The fourth-order valence-corrected chi connectivity index (χ4v) is 4.09. The molecule has 2 aromatic heterocycles. The van der Waals surface area contributed by atoms with E-state index in [-0.39, 0.29) is 24.0 Å². The summed E-state index contributed by atoms with van der Waals surface area (Å²) in [7, 11) is 0. The highest BCUT2D eigenvalue weighted by molar-refractivity contribution is 7.10. The lowest BCUT2D eigenvalue weighted by atomic mass is 9.76. The van der Waals surface area contributed by atoms with Crippen LogP contribution in [0.15, 0.2) is 48.1 Å². The second-order valence-electron chi connectivity index (χ2n) is 6.56. The van der Waals surface area contributed by atoms with Crippen LogP contribution >= 0.6 is 11.3 Å². The van der Waals surface area contributed by atoms with Crippen molar-refractivity contribution in [1.29, 1.82) is 0 Å². The number of nitrogens with zero attached hydrogens (tertiary/aromatic N) is 4. The molecule has 1 fully saturated rings. The molecule has 8 heteroatoms. The molecule has 2 heterocycles. The van der Waals surface area contributed by atoms with Crippen molar-refractivity contribution in [3.63, 3.8) is 0 Å². The van der Waals surface area contributed by atoms with Crippen molar-refractivity contribution < 1.29 is 9.90 Å². The van der Waals surface area contributed by atoms with Gasteiger partial charge in [-0.1, -0.05) is 18.2 Å². The number of hydrogen-bond acceptors (Lipinski definition) is 6. The van der Waals surface area contributed by atoms with E-state index >= 15 is 0 Å². The Hall–Kier alpha value is -2.58. The minimum atomic E-state index is -0.245. The molecule has 26 heavy (non-hydrogen) atoms. The number of aromatic nitrogens is 4. The van der Waals surface area contributed by atoms with Gasteiger partial charge >= 0.3 is 0 Å². The summed E-state index contributed by atoms with van der Waals surface area (Å²) in [5.41, 5.74) is 1.64. The summed E-state index contributed by atoms with van der Waals surface area (Å²) < 4.78 is 1.63. The van der Waals surface area contributed by atoms with Crippen LogP contribution < -0.4 is 5.32 Å². The van der Waals surface area contributed by atoms with Crippen LogP contribution in [0, 0.1) is 5.92 Å². The SMILES string of the molecule is O=C(N[C@H](c1cccs1)C1CC(O)C1)c1ccc(Cn2cnnn2)cc1. The van der Waals surface area contributed by atoms with Gasteiger partial charge in [-0.2, -0.15) is 0 Å². The zero-order chi connectivity index (χ0) is 17.9. The lowest BCUT2D eigenvalue weighted by molar-refractivity contribution is 0.0241. The molecule has 134 valence electrons. The summed E-state index contributed by atoms with van der Waals surface area (Å²) in [5.74, 6) is 0.186. The largest absolute Gasteiger partial charge is 0.393 e. The number of carbonyl (C=O) groups excluding carboxylic acids is 1. The maximum absolute atomic E-state index is 12.7. The molecule has 0 saturated heterocycles. The molecule has 2 N–H and O–H groups in total. The first-order chi connectivity index (χ1) is 12.7. The highest BCUT2D eigenvalue weighted by Gasteiger charge is 2.36. The number of carbonyl (C=O) groups is 1. The molecule has 0 spiro atoms. The summed E-state index contributed by atoms with van der Waals surface area (Å²) >= 11 is 1.63. The third-order valence-electron chi connectivity index (χ3n) is 4.71. The quantitative estimate of drug-likeness (QED) is 0.693. The highest BCUT2D eigenvalue weighted by Crippen LogP contribution is 2.39. The topological polar surface area (TPSA) is 92.9 Å². The van der Waals surface area contributed by atoms with E-state index in [0.717, 1.165) is 23.3 Å². The van der Waals surface area contributed by atoms with Gasteiger partial charge in [0.25, 0.3) is 5.91 Å². The van der Waals surface area contributed by atoms with Gasteiger partial charge < -0.3 is 10.4 Å². The summed E-state index contributed by atoms with van der Waals surface area (Å²) in [5, 5.41) is 25.8. The van der Waals surface area contributed by atoms with Crippen LogP contribution in [0.1, 0.15) is 39.7 Å². The molecule has 3 aromatic rings. The maximum atomic E-state index is 12.7. The first-order valence-electron chi connectivity index (χ1n) is 8.51. The molecule has 1 atom stereocenters. The van der Waals surface area contributed by atoms with Crippen LogP contribution in [0.3, 0.4) is 0 Å². The van der Waals surface area contributed by atoms with Gasteiger partial charge in [0, 0.05) is 10.4 Å². The molecule has 0 unspecified atom stereocenters. The van der Waals surface area contributed by atoms with E-state index in [2.05, 4.69) is 20.8 Å². The Kier molecular flexibility index (Phi) is 4.77. The van der Waals surface area contributed by atoms with Gasteiger partial charge in [0.2, 0.25) is 0 Å². The van der Waals surface area contributed by atoms with E-state index < -0.39 is 0 Å². The number of rotatable bonds is 6. The molecule has 1 saturated carbocycles. The minimum Gasteiger partial charge on any atom is -0.393 e.